The van der Waals surface area contributed by atoms with Crippen LogP contribution < -0.4 is 4.74 Å². The first-order valence-corrected chi connectivity index (χ1v) is 15.3. The van der Waals surface area contributed by atoms with E-state index >= 15 is 0 Å². The summed E-state index contributed by atoms with van der Waals surface area (Å²) in [5.41, 5.74) is 7.93. The highest BCUT2D eigenvalue weighted by molar-refractivity contribution is 6.07. The van der Waals surface area contributed by atoms with Gasteiger partial charge < -0.3 is 14.2 Å². The number of rotatable bonds is 8. The van der Waals surface area contributed by atoms with Crippen molar-refractivity contribution in [3.63, 3.8) is 0 Å². The molecule has 0 unspecified atom stereocenters. The molecule has 8 nitrogen and oxygen atoms in total. The number of aromatic nitrogens is 3. The van der Waals surface area contributed by atoms with Gasteiger partial charge in [0, 0.05) is 47.2 Å². The molecule has 222 valence electrons. The maximum Gasteiger partial charge on any atom is 0.333 e. The van der Waals surface area contributed by atoms with Gasteiger partial charge in [0.15, 0.2) is 0 Å². The highest BCUT2D eigenvalue weighted by Crippen LogP contribution is 2.41. The third-order valence-electron chi connectivity index (χ3n) is 8.72. The zero-order valence-electron chi connectivity index (χ0n) is 25.5. The first kappa shape index (κ1) is 28.8. The topological polar surface area (TPSA) is 81.7 Å². The van der Waals surface area contributed by atoms with Gasteiger partial charge in [-0.05, 0) is 68.8 Å². The number of carbonyl (C=O) groups is 1. The number of ether oxygens (including phenoxy) is 1. The van der Waals surface area contributed by atoms with Crippen molar-refractivity contribution in [3.8, 4) is 16.9 Å². The van der Waals surface area contributed by atoms with Gasteiger partial charge in [0.25, 0.3) is 0 Å². The Kier molecular flexibility index (Phi) is 8.13. The van der Waals surface area contributed by atoms with Gasteiger partial charge in [-0.15, -0.1) is 4.91 Å². The molecule has 0 atom stereocenters. The first-order chi connectivity index (χ1) is 20.9. The van der Waals surface area contributed by atoms with E-state index < -0.39 is 5.91 Å². The second-order valence-corrected chi connectivity index (χ2v) is 11.7. The van der Waals surface area contributed by atoms with Gasteiger partial charge in [0.05, 0.1) is 23.5 Å². The van der Waals surface area contributed by atoms with Gasteiger partial charge in [-0.2, -0.15) is 5.10 Å². The van der Waals surface area contributed by atoms with Crippen LogP contribution in [0, 0.1) is 11.8 Å². The second kappa shape index (κ2) is 12.1. The fourth-order valence-corrected chi connectivity index (χ4v) is 6.79. The first-order valence-electron chi connectivity index (χ1n) is 15.3. The largest absolute Gasteiger partial charge is 0.493 e. The molecule has 0 saturated heterocycles. The Bertz CT molecular complexity index is 1830. The Hall–Kier alpha value is -4.30. The number of amides is 1. The molecule has 0 saturated carbocycles. The SMILES string of the molecule is CCCc1nn(C)c2c1-c1c(C)ccc3c(CCCOc4cccc5ccccc45)c(C(=O)N=O)n(c13)CCCN(C)C2. The lowest BCUT2D eigenvalue weighted by Crippen LogP contribution is -2.23. The van der Waals surface area contributed by atoms with Crippen LogP contribution in [0.3, 0.4) is 0 Å². The van der Waals surface area contributed by atoms with Gasteiger partial charge in [-0.1, -0.05) is 61.9 Å². The summed E-state index contributed by atoms with van der Waals surface area (Å²) < 4.78 is 10.4. The van der Waals surface area contributed by atoms with Crippen molar-refractivity contribution in [2.75, 3.05) is 20.2 Å². The Balaban J connectivity index is 1.46. The standard InChI is InChI=1S/C35H39N5O3/c1-5-11-28-32-29(39(4)36-28)22-38(3)19-10-20-40-33-27(18-17-23(2)31(32)33)26(34(40)35(41)37-42)15-9-21-43-30-16-8-13-24-12-6-7-14-25(24)30/h6-8,12-14,16-18H,5,9-11,15,19-22H2,1-4H3. The van der Waals surface area contributed by atoms with Crippen molar-refractivity contribution in [3.05, 3.63) is 87.7 Å². The summed E-state index contributed by atoms with van der Waals surface area (Å²) in [7, 11) is 4.15. The average Bonchev–Trinajstić information content (AvgIpc) is 3.48. The number of nitroso groups, excluding NO2 is 1. The minimum Gasteiger partial charge on any atom is -0.493 e. The molecule has 1 aliphatic rings. The maximum absolute atomic E-state index is 13.3. The van der Waals surface area contributed by atoms with Crippen LogP contribution in [0.15, 0.2) is 59.8 Å². The Morgan fingerprint density at radius 1 is 0.977 bits per heavy atom. The molecule has 0 spiro atoms. The van der Waals surface area contributed by atoms with Gasteiger partial charge in [-0.3, -0.25) is 9.48 Å². The predicted molar refractivity (Wildman–Crippen MR) is 172 cm³/mol. The average molecular weight is 578 g/mol. The highest BCUT2D eigenvalue weighted by atomic mass is 16.5. The lowest BCUT2D eigenvalue weighted by Gasteiger charge is -2.22. The summed E-state index contributed by atoms with van der Waals surface area (Å²) in [6.07, 6.45) is 3.96. The molecule has 5 aromatic rings. The molecule has 6 rings (SSSR count). The van der Waals surface area contributed by atoms with Gasteiger partial charge >= 0.3 is 5.91 Å². The van der Waals surface area contributed by atoms with Crippen molar-refractivity contribution in [2.45, 2.75) is 59.0 Å². The summed E-state index contributed by atoms with van der Waals surface area (Å²) in [6, 6.07) is 18.5. The van der Waals surface area contributed by atoms with Crippen molar-refractivity contribution in [1.29, 1.82) is 0 Å². The van der Waals surface area contributed by atoms with Crippen molar-refractivity contribution >= 4 is 27.6 Å². The van der Waals surface area contributed by atoms with E-state index in [0.717, 1.165) is 87.7 Å². The summed E-state index contributed by atoms with van der Waals surface area (Å²) in [5.74, 6) is 0.134. The lowest BCUT2D eigenvalue weighted by atomic mass is 9.92. The predicted octanol–water partition coefficient (Wildman–Crippen LogP) is 7.21. The number of hydrogen-bond donors (Lipinski definition) is 0. The molecule has 0 fully saturated rings. The fourth-order valence-electron chi connectivity index (χ4n) is 6.79. The normalized spacial score (nSPS) is 13.8. The van der Waals surface area contributed by atoms with E-state index in [9.17, 15) is 9.70 Å². The Labute approximate surface area is 252 Å². The monoisotopic (exact) mass is 577 g/mol. The molecular weight excluding hydrogens is 538 g/mol. The zero-order chi connectivity index (χ0) is 30.1. The Morgan fingerprint density at radius 3 is 2.60 bits per heavy atom. The van der Waals surface area contributed by atoms with Crippen molar-refractivity contribution in [1.82, 2.24) is 19.2 Å². The van der Waals surface area contributed by atoms with Crippen LogP contribution in [0.25, 0.3) is 32.8 Å². The number of benzene rings is 3. The molecule has 8 heteroatoms. The molecular formula is C35H39N5O3. The smallest absolute Gasteiger partial charge is 0.333 e. The molecule has 0 N–H and O–H groups in total. The van der Waals surface area contributed by atoms with Crippen LogP contribution in [0.1, 0.15) is 59.2 Å². The molecule has 0 radical (unpaired) electrons. The van der Waals surface area contributed by atoms with E-state index in [1.807, 2.05) is 36.0 Å². The van der Waals surface area contributed by atoms with Crippen molar-refractivity contribution < 1.29 is 9.53 Å². The van der Waals surface area contributed by atoms with E-state index in [1.54, 1.807) is 0 Å². The van der Waals surface area contributed by atoms with E-state index in [4.69, 9.17) is 9.84 Å². The van der Waals surface area contributed by atoms with Gasteiger partial charge in [0.2, 0.25) is 0 Å². The lowest BCUT2D eigenvalue weighted by molar-refractivity contribution is 0.0991. The molecule has 0 aliphatic carbocycles. The second-order valence-electron chi connectivity index (χ2n) is 11.7. The molecule has 0 bridgehead atoms. The number of nitrogens with zero attached hydrogens (tertiary/aromatic N) is 5. The van der Waals surface area contributed by atoms with Crippen LogP contribution in [0.2, 0.25) is 0 Å². The molecule has 43 heavy (non-hydrogen) atoms. The summed E-state index contributed by atoms with van der Waals surface area (Å²) in [5, 5.41) is 11.1. The number of fused-ring (bicyclic) bond motifs is 3. The third kappa shape index (κ3) is 5.25. The molecule has 3 aromatic carbocycles. The Morgan fingerprint density at radius 2 is 1.79 bits per heavy atom. The third-order valence-corrected chi connectivity index (χ3v) is 8.72. The van der Waals surface area contributed by atoms with E-state index in [2.05, 4.69) is 65.9 Å². The minimum absolute atomic E-state index is 0.410. The van der Waals surface area contributed by atoms with Gasteiger partial charge in [-0.25, -0.2) is 0 Å². The zero-order valence-corrected chi connectivity index (χ0v) is 25.5. The molecule has 1 amide bonds. The summed E-state index contributed by atoms with van der Waals surface area (Å²) in [4.78, 5) is 27.4. The molecule has 2 aromatic heterocycles. The molecule has 3 heterocycles. The number of hydrogen-bond acceptors (Lipinski definition) is 5. The van der Waals surface area contributed by atoms with Crippen LogP contribution in [-0.4, -0.2) is 45.4 Å². The maximum atomic E-state index is 13.3. The van der Waals surface area contributed by atoms with E-state index in [1.165, 1.54) is 5.69 Å². The molecule has 1 aliphatic heterocycles. The number of carbonyl (C=O) groups excluding carboxylic acids is 1. The minimum atomic E-state index is -0.713. The van der Waals surface area contributed by atoms with Crippen LogP contribution >= 0.6 is 0 Å². The summed E-state index contributed by atoms with van der Waals surface area (Å²) in [6.45, 7) is 7.06. The van der Waals surface area contributed by atoms with E-state index in [-0.39, 0.29) is 0 Å². The number of aryl methyl sites for hydroxylation is 5. The highest BCUT2D eigenvalue weighted by Gasteiger charge is 2.29. The van der Waals surface area contributed by atoms with E-state index in [0.29, 0.717) is 31.7 Å². The summed E-state index contributed by atoms with van der Waals surface area (Å²) >= 11 is 0. The van der Waals surface area contributed by atoms with Crippen LogP contribution in [0.5, 0.6) is 5.75 Å². The van der Waals surface area contributed by atoms with Crippen LogP contribution in [0.4, 0.5) is 0 Å². The quantitative estimate of drug-likeness (QED) is 0.144. The van der Waals surface area contributed by atoms with Crippen LogP contribution in [-0.2, 0) is 33.0 Å². The fraction of sp³-hybridized carbons (Fsp3) is 0.371. The van der Waals surface area contributed by atoms with Crippen molar-refractivity contribution in [2.24, 2.45) is 12.2 Å². The van der Waals surface area contributed by atoms with Gasteiger partial charge in [0.1, 0.15) is 11.4 Å².